The van der Waals surface area contributed by atoms with Gasteiger partial charge in [-0.15, -0.1) is 11.3 Å². The highest BCUT2D eigenvalue weighted by Crippen LogP contribution is 2.43. The van der Waals surface area contributed by atoms with Gasteiger partial charge >= 0.3 is 0 Å². The van der Waals surface area contributed by atoms with Crippen LogP contribution in [0.2, 0.25) is 0 Å². The van der Waals surface area contributed by atoms with E-state index in [9.17, 15) is 0 Å². The van der Waals surface area contributed by atoms with E-state index in [2.05, 4.69) is 120 Å². The molecule has 0 aliphatic carbocycles. The standard InChI is InChI=1S/C45H26N4OS/c1-3-12-27(13-4-1)30-18-11-20-36-40(30)33-23-22-29(26-37(33)50-36)44-46-43(28-14-5-2-6-15-28)47-45(48-44)49-35-19-9-7-16-31(35)32-24-25-39-41(42(32)49)34-17-8-10-21-38(34)51-39/h1-26H. The fourth-order valence-corrected chi connectivity index (χ4v) is 8.71. The smallest absolute Gasteiger partial charge is 0.238 e. The number of hydrogen-bond donors (Lipinski definition) is 0. The van der Waals surface area contributed by atoms with E-state index in [1.54, 1.807) is 0 Å². The van der Waals surface area contributed by atoms with Gasteiger partial charge in [0.25, 0.3) is 0 Å². The minimum absolute atomic E-state index is 0.573. The Morgan fingerprint density at radius 3 is 2.00 bits per heavy atom. The molecule has 0 bridgehead atoms. The van der Waals surface area contributed by atoms with E-state index < -0.39 is 0 Å². The molecule has 6 heteroatoms. The molecule has 0 N–H and O–H groups in total. The van der Waals surface area contributed by atoms with Crippen LogP contribution in [-0.4, -0.2) is 19.5 Å². The Labute approximate surface area is 295 Å². The maximum absolute atomic E-state index is 6.51. The predicted molar refractivity (Wildman–Crippen MR) is 211 cm³/mol. The number of thiophene rings is 1. The van der Waals surface area contributed by atoms with Gasteiger partial charge in [0.15, 0.2) is 11.6 Å². The van der Waals surface area contributed by atoms with Crippen LogP contribution < -0.4 is 0 Å². The summed E-state index contributed by atoms with van der Waals surface area (Å²) in [6.45, 7) is 0. The number of rotatable bonds is 4. The zero-order valence-corrected chi connectivity index (χ0v) is 27.9. The van der Waals surface area contributed by atoms with Crippen molar-refractivity contribution in [2.45, 2.75) is 0 Å². The predicted octanol–water partition coefficient (Wildman–Crippen LogP) is 12.2. The van der Waals surface area contributed by atoms with Crippen molar-refractivity contribution in [3.8, 4) is 39.9 Å². The Kier molecular flexibility index (Phi) is 6.05. The van der Waals surface area contributed by atoms with Gasteiger partial charge in [-0.2, -0.15) is 9.97 Å². The summed E-state index contributed by atoms with van der Waals surface area (Å²) in [4.78, 5) is 15.6. The average Bonchev–Trinajstić information content (AvgIpc) is 3.87. The van der Waals surface area contributed by atoms with Crippen molar-refractivity contribution in [2.24, 2.45) is 0 Å². The van der Waals surface area contributed by atoms with Crippen LogP contribution >= 0.6 is 11.3 Å². The van der Waals surface area contributed by atoms with Crippen molar-refractivity contribution in [1.29, 1.82) is 0 Å². The fourth-order valence-electron chi connectivity index (χ4n) is 7.61. The summed E-state index contributed by atoms with van der Waals surface area (Å²) in [5.74, 6) is 1.77. The Balaban J connectivity index is 1.19. The first-order valence-electron chi connectivity index (χ1n) is 16.9. The average molecular weight is 671 g/mol. The molecule has 0 saturated carbocycles. The molecule has 0 radical (unpaired) electrons. The first kappa shape index (κ1) is 28.2. The van der Waals surface area contributed by atoms with Crippen molar-refractivity contribution in [3.05, 3.63) is 158 Å². The van der Waals surface area contributed by atoms with E-state index in [0.717, 1.165) is 60.6 Å². The maximum atomic E-state index is 6.51. The van der Waals surface area contributed by atoms with Gasteiger partial charge in [-0.3, -0.25) is 4.57 Å². The lowest BCUT2D eigenvalue weighted by Gasteiger charge is -2.11. The van der Waals surface area contributed by atoms with Crippen LogP contribution in [0.4, 0.5) is 0 Å². The molecule has 0 aliphatic rings. The zero-order valence-electron chi connectivity index (χ0n) is 27.1. The van der Waals surface area contributed by atoms with Crippen LogP contribution in [-0.2, 0) is 0 Å². The Bertz CT molecular complexity index is 3140. The van der Waals surface area contributed by atoms with Gasteiger partial charge in [0, 0.05) is 52.8 Å². The van der Waals surface area contributed by atoms with Crippen molar-refractivity contribution in [1.82, 2.24) is 19.5 Å². The van der Waals surface area contributed by atoms with Crippen molar-refractivity contribution in [2.75, 3.05) is 0 Å². The first-order valence-corrected chi connectivity index (χ1v) is 17.8. The molecule has 7 aromatic carbocycles. The van der Waals surface area contributed by atoms with Crippen LogP contribution in [0.25, 0.3) is 104 Å². The van der Waals surface area contributed by atoms with E-state index in [1.807, 2.05) is 53.8 Å². The molecule has 4 heterocycles. The lowest BCUT2D eigenvalue weighted by Crippen LogP contribution is -2.06. The topological polar surface area (TPSA) is 56.7 Å². The van der Waals surface area contributed by atoms with Crippen LogP contribution in [0.1, 0.15) is 0 Å². The SMILES string of the molecule is c1ccc(-c2nc(-c3ccc4c(c3)oc3cccc(-c5ccccc5)c34)nc(-n3c4ccccc4c4ccc5sc6ccccc6c5c43)n2)cc1. The minimum Gasteiger partial charge on any atom is -0.456 e. The quantitative estimate of drug-likeness (QED) is 0.187. The number of benzene rings is 7. The zero-order chi connectivity index (χ0) is 33.5. The highest BCUT2D eigenvalue weighted by Gasteiger charge is 2.22. The van der Waals surface area contributed by atoms with Crippen LogP contribution in [0.3, 0.4) is 0 Å². The highest BCUT2D eigenvalue weighted by molar-refractivity contribution is 7.26. The van der Waals surface area contributed by atoms with Gasteiger partial charge in [-0.1, -0.05) is 121 Å². The number of para-hydroxylation sites is 1. The Morgan fingerprint density at radius 1 is 0.451 bits per heavy atom. The van der Waals surface area contributed by atoms with Crippen molar-refractivity contribution in [3.63, 3.8) is 0 Å². The number of aromatic nitrogens is 4. The second-order valence-electron chi connectivity index (χ2n) is 12.8. The molecular weight excluding hydrogens is 645 g/mol. The van der Waals surface area contributed by atoms with Gasteiger partial charge in [0.1, 0.15) is 11.2 Å². The molecule has 51 heavy (non-hydrogen) atoms. The highest BCUT2D eigenvalue weighted by atomic mass is 32.1. The molecule has 0 saturated heterocycles. The van der Waals surface area contributed by atoms with E-state index in [-0.39, 0.29) is 0 Å². The monoisotopic (exact) mass is 670 g/mol. The van der Waals surface area contributed by atoms with Crippen LogP contribution in [0.15, 0.2) is 162 Å². The lowest BCUT2D eigenvalue weighted by atomic mass is 9.99. The number of fused-ring (bicyclic) bond motifs is 10. The van der Waals surface area contributed by atoms with Crippen molar-refractivity contribution >= 4 is 75.3 Å². The normalized spacial score (nSPS) is 11.9. The molecular formula is C45H26N4OS. The molecule has 0 aliphatic heterocycles. The van der Waals surface area contributed by atoms with Crippen LogP contribution in [0.5, 0.6) is 0 Å². The second-order valence-corrected chi connectivity index (χ2v) is 13.9. The van der Waals surface area contributed by atoms with Gasteiger partial charge in [-0.05, 0) is 47.5 Å². The third-order valence-corrected chi connectivity index (χ3v) is 11.0. The molecule has 11 aromatic rings. The van der Waals surface area contributed by atoms with E-state index in [0.29, 0.717) is 17.6 Å². The summed E-state index contributed by atoms with van der Waals surface area (Å²) in [5.41, 5.74) is 7.87. The Morgan fingerprint density at radius 2 is 1.16 bits per heavy atom. The summed E-state index contributed by atoms with van der Waals surface area (Å²) in [7, 11) is 0. The molecule has 4 aromatic heterocycles. The molecule has 0 fully saturated rings. The minimum atomic E-state index is 0.573. The molecule has 5 nitrogen and oxygen atoms in total. The summed E-state index contributed by atoms with van der Waals surface area (Å²) in [6.07, 6.45) is 0. The molecule has 0 spiro atoms. The van der Waals surface area contributed by atoms with Crippen molar-refractivity contribution < 1.29 is 4.42 Å². The summed E-state index contributed by atoms with van der Waals surface area (Å²) < 4.78 is 11.2. The van der Waals surface area contributed by atoms with Gasteiger partial charge in [0.2, 0.25) is 5.95 Å². The summed E-state index contributed by atoms with van der Waals surface area (Å²) in [6, 6.07) is 54.8. The van der Waals surface area contributed by atoms with Gasteiger partial charge < -0.3 is 4.42 Å². The molecule has 238 valence electrons. The summed E-state index contributed by atoms with van der Waals surface area (Å²) >= 11 is 1.82. The maximum Gasteiger partial charge on any atom is 0.238 e. The third-order valence-electron chi connectivity index (χ3n) is 9.87. The van der Waals surface area contributed by atoms with Gasteiger partial charge in [0.05, 0.1) is 11.0 Å². The number of nitrogens with zero attached hydrogens (tertiary/aromatic N) is 4. The molecule has 0 atom stereocenters. The first-order chi connectivity index (χ1) is 25.3. The second kappa shape index (κ2) is 10.9. The van der Waals surface area contributed by atoms with E-state index >= 15 is 0 Å². The van der Waals surface area contributed by atoms with Gasteiger partial charge in [-0.25, -0.2) is 4.98 Å². The molecule has 0 unspecified atom stereocenters. The van der Waals surface area contributed by atoms with E-state index in [4.69, 9.17) is 19.4 Å². The van der Waals surface area contributed by atoms with E-state index in [1.165, 1.54) is 25.6 Å². The number of furan rings is 1. The largest absolute Gasteiger partial charge is 0.456 e. The lowest BCUT2D eigenvalue weighted by molar-refractivity contribution is 0.669. The summed E-state index contributed by atoms with van der Waals surface area (Å²) in [5, 5.41) is 6.93. The number of hydrogen-bond acceptors (Lipinski definition) is 5. The molecule has 0 amide bonds. The third kappa shape index (κ3) is 4.30. The van der Waals surface area contributed by atoms with Crippen LogP contribution in [0, 0.1) is 0 Å². The molecule has 11 rings (SSSR count). The fraction of sp³-hybridized carbons (Fsp3) is 0. The Hall–Kier alpha value is -6.63.